The summed E-state index contributed by atoms with van der Waals surface area (Å²) in [5, 5.41) is 11.3. The molecule has 0 aliphatic carbocycles. The van der Waals surface area contributed by atoms with E-state index in [9.17, 15) is 19.5 Å². The van der Waals surface area contributed by atoms with Gasteiger partial charge in [0.2, 0.25) is 0 Å². The summed E-state index contributed by atoms with van der Waals surface area (Å²) in [6.45, 7) is 3.42. The van der Waals surface area contributed by atoms with Crippen LogP contribution < -0.4 is 0 Å². The maximum absolute atomic E-state index is 13.2. The molecule has 3 aromatic heterocycles. The van der Waals surface area contributed by atoms with Gasteiger partial charge in [-0.25, -0.2) is 4.79 Å². The van der Waals surface area contributed by atoms with E-state index in [4.69, 9.17) is 4.74 Å². The van der Waals surface area contributed by atoms with E-state index in [1.807, 2.05) is 0 Å². The molecule has 3 aromatic rings. The lowest BCUT2D eigenvalue weighted by molar-refractivity contribution is -0.140. The molecule has 33 heavy (non-hydrogen) atoms. The Balaban J connectivity index is 1.90. The van der Waals surface area contributed by atoms with Crippen molar-refractivity contribution in [3.05, 3.63) is 88.3 Å². The largest absolute Gasteiger partial charge is 0.507 e. The minimum atomic E-state index is -0.866. The van der Waals surface area contributed by atoms with E-state index < -0.39 is 23.7 Å². The molecular weight excluding hydrogens is 424 g/mol. The predicted molar refractivity (Wildman–Crippen MR) is 118 cm³/mol. The van der Waals surface area contributed by atoms with Crippen molar-refractivity contribution in [2.75, 3.05) is 7.11 Å². The molecular formula is C24H22N4O5. The summed E-state index contributed by atoms with van der Waals surface area (Å²) >= 11 is 0. The van der Waals surface area contributed by atoms with E-state index in [-0.39, 0.29) is 29.1 Å². The lowest BCUT2D eigenvalue weighted by atomic mass is 9.95. The van der Waals surface area contributed by atoms with Crippen molar-refractivity contribution in [2.45, 2.75) is 26.4 Å². The summed E-state index contributed by atoms with van der Waals surface area (Å²) in [4.78, 5) is 50.9. The van der Waals surface area contributed by atoms with E-state index in [2.05, 4.69) is 15.0 Å². The number of H-pyrrole nitrogens is 1. The third kappa shape index (κ3) is 3.78. The van der Waals surface area contributed by atoms with E-state index in [0.717, 1.165) is 5.56 Å². The number of aromatic nitrogens is 3. The van der Waals surface area contributed by atoms with Gasteiger partial charge < -0.3 is 19.7 Å². The van der Waals surface area contributed by atoms with Gasteiger partial charge in [-0.15, -0.1) is 0 Å². The fraction of sp³-hybridized carbons (Fsp3) is 0.208. The number of nitrogens with one attached hydrogen (secondary N) is 1. The summed E-state index contributed by atoms with van der Waals surface area (Å²) in [6.07, 6.45) is 6.37. The monoisotopic (exact) mass is 446 g/mol. The number of methoxy groups -OCH3 is 1. The highest BCUT2D eigenvalue weighted by Gasteiger charge is 2.46. The molecule has 168 valence electrons. The second-order valence-electron chi connectivity index (χ2n) is 7.69. The standard InChI is InChI=1S/C24H22N4O5/c1-13-17(14(2)27-19(13)24(32)33-3)21(29)18-20(16-7-5-9-26-11-16)28(23(31)22(18)30)12-15-6-4-8-25-10-15/h4-11,20,27,29H,12H2,1-3H3/b21-18-. The normalized spacial score (nSPS) is 17.4. The number of Topliss-reactive ketones (excluding diaryl/α,β-unsaturated/α-hetero) is 1. The Hall–Kier alpha value is -4.27. The number of aliphatic hydroxyl groups excluding tert-OH is 1. The van der Waals surface area contributed by atoms with Gasteiger partial charge in [0.15, 0.2) is 0 Å². The molecule has 1 aliphatic heterocycles. The zero-order chi connectivity index (χ0) is 23.7. The van der Waals surface area contributed by atoms with Crippen LogP contribution in [0.5, 0.6) is 0 Å². The number of ketones is 1. The van der Waals surface area contributed by atoms with Gasteiger partial charge in [0.1, 0.15) is 11.5 Å². The number of aryl methyl sites for hydroxylation is 1. The second kappa shape index (κ2) is 8.70. The Morgan fingerprint density at radius 1 is 1.15 bits per heavy atom. The number of aliphatic hydroxyl groups is 1. The second-order valence-corrected chi connectivity index (χ2v) is 7.69. The van der Waals surface area contributed by atoms with Crippen LogP contribution in [0.25, 0.3) is 5.76 Å². The number of aromatic amines is 1. The Labute approximate surface area is 189 Å². The molecule has 1 amide bonds. The number of rotatable bonds is 5. The van der Waals surface area contributed by atoms with Crippen LogP contribution in [-0.2, 0) is 20.9 Å². The molecule has 9 heteroatoms. The number of nitrogens with zero attached hydrogens (tertiary/aromatic N) is 3. The summed E-state index contributed by atoms with van der Waals surface area (Å²) in [5.74, 6) is -2.52. The average Bonchev–Trinajstić information content (AvgIpc) is 3.27. The summed E-state index contributed by atoms with van der Waals surface area (Å²) in [6, 6.07) is 6.11. The van der Waals surface area contributed by atoms with E-state index >= 15 is 0 Å². The number of carbonyl (C=O) groups is 3. The van der Waals surface area contributed by atoms with Crippen molar-refractivity contribution in [1.29, 1.82) is 0 Å². The van der Waals surface area contributed by atoms with Crippen molar-refractivity contribution < 1.29 is 24.2 Å². The van der Waals surface area contributed by atoms with E-state index in [0.29, 0.717) is 16.8 Å². The van der Waals surface area contributed by atoms with Gasteiger partial charge in [-0.05, 0) is 42.7 Å². The van der Waals surface area contributed by atoms with Crippen LogP contribution in [0.1, 0.15) is 44.5 Å². The fourth-order valence-corrected chi connectivity index (χ4v) is 4.16. The third-order valence-corrected chi connectivity index (χ3v) is 5.68. The molecule has 1 atom stereocenters. The molecule has 0 radical (unpaired) electrons. The Morgan fingerprint density at radius 2 is 1.85 bits per heavy atom. The third-order valence-electron chi connectivity index (χ3n) is 5.68. The van der Waals surface area contributed by atoms with Gasteiger partial charge in [-0.1, -0.05) is 12.1 Å². The van der Waals surface area contributed by atoms with Crippen LogP contribution in [0.15, 0.2) is 54.6 Å². The van der Waals surface area contributed by atoms with E-state index in [1.54, 1.807) is 62.9 Å². The number of hydrogen-bond acceptors (Lipinski definition) is 7. The highest BCUT2D eigenvalue weighted by molar-refractivity contribution is 6.46. The molecule has 2 N–H and O–H groups in total. The first kappa shape index (κ1) is 21.9. The fourth-order valence-electron chi connectivity index (χ4n) is 4.16. The smallest absolute Gasteiger partial charge is 0.354 e. The Kier molecular flexibility index (Phi) is 5.78. The van der Waals surface area contributed by atoms with Crippen molar-refractivity contribution in [3.8, 4) is 0 Å². The van der Waals surface area contributed by atoms with Crippen LogP contribution in [0.4, 0.5) is 0 Å². The average molecular weight is 446 g/mol. The Bertz CT molecular complexity index is 1260. The summed E-state index contributed by atoms with van der Waals surface area (Å²) in [7, 11) is 1.25. The van der Waals surface area contributed by atoms with Crippen LogP contribution in [0.2, 0.25) is 0 Å². The maximum atomic E-state index is 13.2. The van der Waals surface area contributed by atoms with Crippen LogP contribution >= 0.6 is 0 Å². The lowest BCUT2D eigenvalue weighted by Crippen LogP contribution is -2.29. The van der Waals surface area contributed by atoms with Crippen LogP contribution in [0, 0.1) is 13.8 Å². The zero-order valence-corrected chi connectivity index (χ0v) is 18.3. The van der Waals surface area contributed by atoms with Crippen molar-refractivity contribution >= 4 is 23.4 Å². The van der Waals surface area contributed by atoms with Crippen LogP contribution in [0.3, 0.4) is 0 Å². The minimum absolute atomic E-state index is 0.0708. The molecule has 0 aromatic carbocycles. The maximum Gasteiger partial charge on any atom is 0.354 e. The van der Waals surface area contributed by atoms with Gasteiger partial charge in [0.25, 0.3) is 11.7 Å². The van der Waals surface area contributed by atoms with Gasteiger partial charge in [-0.2, -0.15) is 0 Å². The molecule has 9 nitrogen and oxygen atoms in total. The molecule has 1 fully saturated rings. The number of carbonyl (C=O) groups excluding carboxylic acids is 3. The van der Waals surface area contributed by atoms with E-state index in [1.165, 1.54) is 12.0 Å². The van der Waals surface area contributed by atoms with Gasteiger partial charge >= 0.3 is 5.97 Å². The zero-order valence-electron chi connectivity index (χ0n) is 18.3. The van der Waals surface area contributed by atoms with Crippen molar-refractivity contribution in [1.82, 2.24) is 19.9 Å². The number of hydrogen-bond donors (Lipinski definition) is 2. The summed E-state index contributed by atoms with van der Waals surface area (Å²) in [5.41, 5.74) is 2.56. The minimum Gasteiger partial charge on any atom is -0.507 e. The number of amides is 1. The summed E-state index contributed by atoms with van der Waals surface area (Å²) < 4.78 is 4.79. The number of ether oxygens (including phenoxy) is 1. The topological polar surface area (TPSA) is 125 Å². The van der Waals surface area contributed by atoms with Crippen molar-refractivity contribution in [3.63, 3.8) is 0 Å². The quantitative estimate of drug-likeness (QED) is 0.267. The van der Waals surface area contributed by atoms with Crippen LogP contribution in [-0.4, -0.2) is 49.7 Å². The lowest BCUT2D eigenvalue weighted by Gasteiger charge is -2.25. The molecule has 4 rings (SSSR count). The molecule has 0 saturated carbocycles. The molecule has 1 unspecified atom stereocenters. The first-order valence-corrected chi connectivity index (χ1v) is 10.2. The van der Waals surface area contributed by atoms with Gasteiger partial charge in [0, 0.05) is 42.6 Å². The van der Waals surface area contributed by atoms with Crippen molar-refractivity contribution in [2.24, 2.45) is 0 Å². The molecule has 1 aliphatic rings. The number of esters is 1. The molecule has 0 spiro atoms. The van der Waals surface area contributed by atoms with Gasteiger partial charge in [0.05, 0.1) is 18.7 Å². The SMILES string of the molecule is COC(=O)c1[nH]c(C)c(/C(O)=C2/C(=O)C(=O)N(Cc3cccnc3)C2c2cccnc2)c1C. The first-order chi connectivity index (χ1) is 15.8. The number of pyridine rings is 2. The predicted octanol–water partition coefficient (Wildman–Crippen LogP) is 2.83. The molecule has 0 bridgehead atoms. The molecule has 1 saturated heterocycles. The highest BCUT2D eigenvalue weighted by Crippen LogP contribution is 2.41. The van der Waals surface area contributed by atoms with Gasteiger partial charge in [-0.3, -0.25) is 19.6 Å². The first-order valence-electron chi connectivity index (χ1n) is 10.2. The Morgan fingerprint density at radius 3 is 2.45 bits per heavy atom. The number of likely N-dealkylation sites (tertiary alicyclic amines) is 1. The molecule has 4 heterocycles. The highest BCUT2D eigenvalue weighted by atomic mass is 16.5.